The van der Waals surface area contributed by atoms with Crippen LogP contribution >= 0.6 is 0 Å². The van der Waals surface area contributed by atoms with Crippen molar-refractivity contribution in [3.8, 4) is 11.5 Å². The number of aliphatic hydroxyl groups is 1. The van der Waals surface area contributed by atoms with E-state index in [1.165, 1.54) is 24.1 Å². The lowest BCUT2D eigenvalue weighted by Crippen LogP contribution is -2.50. The summed E-state index contributed by atoms with van der Waals surface area (Å²) < 4.78 is 69.0. The van der Waals surface area contributed by atoms with Crippen LogP contribution in [0.5, 0.6) is 11.5 Å². The van der Waals surface area contributed by atoms with Gasteiger partial charge in [0.15, 0.2) is 17.3 Å². The molecule has 0 aromatic heterocycles. The summed E-state index contributed by atoms with van der Waals surface area (Å²) in [5, 5.41) is 10.8. The van der Waals surface area contributed by atoms with E-state index < -0.39 is 31.4 Å². The summed E-state index contributed by atoms with van der Waals surface area (Å²) in [6.07, 6.45) is -3.47. The molecule has 1 fully saturated rings. The van der Waals surface area contributed by atoms with Gasteiger partial charge in [-0.05, 0) is 42.7 Å². The number of piperazine rings is 1. The molecule has 31 heavy (non-hydrogen) atoms. The fourth-order valence-corrected chi connectivity index (χ4v) is 3.41. The molecule has 168 valence electrons. The van der Waals surface area contributed by atoms with Gasteiger partial charge in [0.2, 0.25) is 0 Å². The largest absolute Gasteiger partial charge is 0.493 e. The first-order chi connectivity index (χ1) is 17.6. The Hall–Kier alpha value is -2.41. The average molecular weight is 434 g/mol. The number of Topliss-reactive ketones (excluding diaryl/α,β-unsaturated/α-hetero) is 1. The van der Waals surface area contributed by atoms with E-state index in [0.29, 0.717) is 0 Å². The van der Waals surface area contributed by atoms with E-state index in [0.717, 1.165) is 21.6 Å². The maximum Gasteiger partial charge on any atom is 0.161 e. The fourth-order valence-electron chi connectivity index (χ4n) is 3.41. The number of ketones is 1. The van der Waals surface area contributed by atoms with Crippen molar-refractivity contribution in [1.29, 1.82) is 0 Å². The number of methoxy groups -OCH3 is 1. The smallest absolute Gasteiger partial charge is 0.161 e. The average Bonchev–Trinajstić information content (AvgIpc) is 2.86. The molecule has 6 heteroatoms. The second-order valence-corrected chi connectivity index (χ2v) is 7.37. The van der Waals surface area contributed by atoms with Crippen molar-refractivity contribution in [3.05, 3.63) is 59.2 Å². The van der Waals surface area contributed by atoms with E-state index in [1.807, 2.05) is 32.0 Å². The van der Waals surface area contributed by atoms with E-state index in [2.05, 4.69) is 0 Å². The van der Waals surface area contributed by atoms with Crippen LogP contribution in [0.2, 0.25) is 0 Å². The van der Waals surface area contributed by atoms with Gasteiger partial charge in [0.1, 0.15) is 12.6 Å². The van der Waals surface area contributed by atoms with Crippen molar-refractivity contribution in [1.82, 2.24) is 9.80 Å². The van der Waals surface area contributed by atoms with Crippen molar-refractivity contribution in [3.63, 3.8) is 0 Å². The molecule has 0 bridgehead atoms. The minimum Gasteiger partial charge on any atom is -0.493 e. The molecule has 1 atom stereocenters. The quantitative estimate of drug-likeness (QED) is 0.621. The molecule has 0 amide bonds. The Morgan fingerprint density at radius 1 is 1.06 bits per heavy atom. The SMILES string of the molecule is [2H]C([2H])(C(=O)Cc1c(C)cccc1C)N1CCN(C([2H])([2H])C([2H])(O)C([2H])([2H])Oc2ccccc2OC)CC1. The van der Waals surface area contributed by atoms with Crippen LogP contribution in [0.25, 0.3) is 0 Å². The highest BCUT2D eigenvalue weighted by molar-refractivity contribution is 5.83. The molecule has 1 unspecified atom stereocenters. The van der Waals surface area contributed by atoms with Gasteiger partial charge >= 0.3 is 0 Å². The molecule has 0 saturated carbocycles. The Morgan fingerprint density at radius 2 is 1.68 bits per heavy atom. The standard InChI is InChI=1S/C25H34N2O4/c1-19-7-6-8-20(2)23(19)15-21(28)16-26-11-13-27(14-12-26)17-22(29)18-31-25-10-5-4-9-24(25)30-3/h4-10,22,29H,11-18H2,1-3H3/i16D2,17D2,18D2,22D. The van der Waals surface area contributed by atoms with Crippen molar-refractivity contribution in [2.24, 2.45) is 0 Å². The van der Waals surface area contributed by atoms with Gasteiger partial charge in [0.25, 0.3) is 0 Å². The van der Waals surface area contributed by atoms with Crippen molar-refractivity contribution < 1.29 is 29.0 Å². The lowest BCUT2D eigenvalue weighted by atomic mass is 9.98. The molecular weight excluding hydrogens is 392 g/mol. The maximum atomic E-state index is 13.0. The maximum absolute atomic E-state index is 13.0. The Kier molecular flexibility index (Phi) is 5.60. The first-order valence-corrected chi connectivity index (χ1v) is 10.2. The van der Waals surface area contributed by atoms with Crippen LogP contribution in [0.1, 0.15) is 26.3 Å². The van der Waals surface area contributed by atoms with Crippen molar-refractivity contribution in [2.45, 2.75) is 26.3 Å². The highest BCUT2D eigenvalue weighted by Crippen LogP contribution is 2.25. The molecule has 3 rings (SSSR count). The van der Waals surface area contributed by atoms with Gasteiger partial charge in [-0.1, -0.05) is 30.3 Å². The van der Waals surface area contributed by atoms with Crippen LogP contribution in [-0.4, -0.2) is 79.6 Å². The third-order valence-corrected chi connectivity index (χ3v) is 5.14. The lowest BCUT2D eigenvalue weighted by molar-refractivity contribution is -0.120. The van der Waals surface area contributed by atoms with Gasteiger partial charge in [0.05, 0.1) is 20.5 Å². The number of nitrogens with zero attached hydrogens (tertiary/aromatic N) is 2. The molecule has 6 nitrogen and oxygen atoms in total. The molecule has 0 spiro atoms. The highest BCUT2D eigenvalue weighted by Gasteiger charge is 2.21. The van der Waals surface area contributed by atoms with Crippen LogP contribution in [0.4, 0.5) is 0 Å². The van der Waals surface area contributed by atoms with Gasteiger partial charge in [0, 0.05) is 41.8 Å². The number of β-amino-alcohol motifs (C(OH)–C–C–N with tert-alkyl or cyclic N) is 1. The van der Waals surface area contributed by atoms with E-state index in [1.54, 1.807) is 12.1 Å². The van der Waals surface area contributed by atoms with Crippen molar-refractivity contribution >= 4 is 5.78 Å². The summed E-state index contributed by atoms with van der Waals surface area (Å²) in [4.78, 5) is 15.3. The number of aryl methyl sites for hydroxylation is 2. The van der Waals surface area contributed by atoms with Gasteiger partial charge in [-0.15, -0.1) is 0 Å². The third-order valence-electron chi connectivity index (χ3n) is 5.14. The van der Waals surface area contributed by atoms with E-state index in [-0.39, 0.29) is 44.1 Å². The normalized spacial score (nSPS) is 21.9. The number of para-hydroxylation sites is 2. The van der Waals surface area contributed by atoms with Crippen LogP contribution in [-0.2, 0) is 11.2 Å². The Balaban J connectivity index is 1.71. The van der Waals surface area contributed by atoms with Crippen LogP contribution in [0.15, 0.2) is 42.5 Å². The van der Waals surface area contributed by atoms with Gasteiger partial charge in [-0.25, -0.2) is 0 Å². The number of carbonyl (C=O) groups is 1. The summed E-state index contributed by atoms with van der Waals surface area (Å²) in [5.74, 6) is -0.582. The monoisotopic (exact) mass is 433 g/mol. The number of carbonyl (C=O) groups excluding carboxylic acids is 1. The Bertz CT molecular complexity index is 1130. The Labute approximate surface area is 195 Å². The summed E-state index contributed by atoms with van der Waals surface area (Å²) in [5.41, 5.74) is 2.56. The second-order valence-electron chi connectivity index (χ2n) is 7.37. The first kappa shape index (κ1) is 15.4. The van der Waals surface area contributed by atoms with Crippen molar-refractivity contribution in [2.75, 3.05) is 52.8 Å². The molecular formula is C25H34N2O4. The minimum atomic E-state index is -3.39. The Morgan fingerprint density at radius 3 is 2.32 bits per heavy atom. The predicted octanol–water partition coefficient (Wildman–Crippen LogP) is 2.48. The highest BCUT2D eigenvalue weighted by atomic mass is 16.5. The minimum absolute atomic E-state index is 0.0720. The molecule has 1 saturated heterocycles. The molecule has 2 aromatic carbocycles. The van der Waals surface area contributed by atoms with Gasteiger partial charge in [-0.3, -0.25) is 14.6 Å². The zero-order chi connectivity index (χ0) is 28.5. The van der Waals surface area contributed by atoms with Crippen LogP contribution in [0, 0.1) is 13.8 Å². The van der Waals surface area contributed by atoms with Crippen LogP contribution in [0.3, 0.4) is 0 Å². The number of ether oxygens (including phenoxy) is 2. The topological polar surface area (TPSA) is 62.2 Å². The molecule has 1 aliphatic heterocycles. The fraction of sp³-hybridized carbons (Fsp3) is 0.480. The second kappa shape index (κ2) is 11.3. The molecule has 0 radical (unpaired) electrons. The van der Waals surface area contributed by atoms with E-state index in [9.17, 15) is 9.90 Å². The van der Waals surface area contributed by atoms with Gasteiger partial charge in [-0.2, -0.15) is 0 Å². The molecule has 1 N–H and O–H groups in total. The number of benzene rings is 2. The summed E-state index contributed by atoms with van der Waals surface area (Å²) in [7, 11) is 1.34. The number of rotatable bonds is 10. The predicted molar refractivity (Wildman–Crippen MR) is 122 cm³/mol. The molecule has 0 aliphatic carbocycles. The van der Waals surface area contributed by atoms with Gasteiger partial charge < -0.3 is 14.6 Å². The zero-order valence-corrected chi connectivity index (χ0v) is 18.1. The molecule has 1 heterocycles. The lowest BCUT2D eigenvalue weighted by Gasteiger charge is -2.35. The number of hydrogen-bond acceptors (Lipinski definition) is 6. The third kappa shape index (κ3) is 6.79. The van der Waals surface area contributed by atoms with E-state index >= 15 is 0 Å². The summed E-state index contributed by atoms with van der Waals surface area (Å²) >= 11 is 0. The molecule has 2 aromatic rings. The zero-order valence-electron chi connectivity index (χ0n) is 25.1. The molecule has 1 aliphatic rings. The summed E-state index contributed by atoms with van der Waals surface area (Å²) in [6.45, 7) is -5.17. The van der Waals surface area contributed by atoms with Crippen LogP contribution < -0.4 is 9.47 Å². The first-order valence-electron chi connectivity index (χ1n) is 13.7. The number of hydrogen-bond donors (Lipinski definition) is 1. The van der Waals surface area contributed by atoms with E-state index in [4.69, 9.17) is 19.1 Å². The summed E-state index contributed by atoms with van der Waals surface area (Å²) in [6, 6.07) is 11.6.